The lowest BCUT2D eigenvalue weighted by atomic mass is 9.98. The van der Waals surface area contributed by atoms with Gasteiger partial charge in [-0.3, -0.25) is 14.9 Å². The van der Waals surface area contributed by atoms with Gasteiger partial charge < -0.3 is 11.1 Å². The number of nitro groups is 1. The van der Waals surface area contributed by atoms with Gasteiger partial charge in [-0.05, 0) is 43.9 Å². The number of carbonyl (C=O) groups excluding carboxylic acids is 1. The number of rotatable bonds is 7. The van der Waals surface area contributed by atoms with Gasteiger partial charge in [0.2, 0.25) is 0 Å². The van der Waals surface area contributed by atoms with E-state index in [-0.39, 0.29) is 5.69 Å². The number of aromatic nitrogens is 1. The number of unbranched alkanes of at least 4 members (excludes halogenated alkanes) is 2. The molecule has 1 amide bonds. The van der Waals surface area contributed by atoms with Crippen LogP contribution in [0.3, 0.4) is 0 Å². The SMILES string of the molecule is CCCCCc1c(C)nc2sc(C(=O)Nc3cccc([N+](=O)[O-])c3)c(N)c2c1C. The van der Waals surface area contributed by atoms with E-state index in [2.05, 4.69) is 12.2 Å². The summed E-state index contributed by atoms with van der Waals surface area (Å²) in [4.78, 5) is 29.0. The molecule has 8 heteroatoms. The zero-order chi connectivity index (χ0) is 21.1. The van der Waals surface area contributed by atoms with Crippen molar-refractivity contribution in [3.63, 3.8) is 0 Å². The van der Waals surface area contributed by atoms with Crippen LogP contribution < -0.4 is 11.1 Å². The molecule has 0 saturated heterocycles. The fourth-order valence-electron chi connectivity index (χ4n) is 3.49. The number of hydrogen-bond acceptors (Lipinski definition) is 6. The monoisotopic (exact) mass is 412 g/mol. The highest BCUT2D eigenvalue weighted by Crippen LogP contribution is 2.37. The van der Waals surface area contributed by atoms with Gasteiger partial charge in [0.25, 0.3) is 11.6 Å². The van der Waals surface area contributed by atoms with Crippen molar-refractivity contribution in [1.29, 1.82) is 0 Å². The smallest absolute Gasteiger partial charge is 0.271 e. The average molecular weight is 413 g/mol. The Kier molecular flexibility index (Phi) is 6.12. The summed E-state index contributed by atoms with van der Waals surface area (Å²) in [5, 5.41) is 14.5. The summed E-state index contributed by atoms with van der Waals surface area (Å²) >= 11 is 1.25. The fourth-order valence-corrected chi connectivity index (χ4v) is 4.59. The van der Waals surface area contributed by atoms with E-state index in [9.17, 15) is 14.9 Å². The van der Waals surface area contributed by atoms with E-state index in [0.29, 0.717) is 16.3 Å². The van der Waals surface area contributed by atoms with Crippen LogP contribution in [0.4, 0.5) is 17.1 Å². The van der Waals surface area contributed by atoms with E-state index in [4.69, 9.17) is 10.7 Å². The summed E-state index contributed by atoms with van der Waals surface area (Å²) in [6.07, 6.45) is 4.34. The van der Waals surface area contributed by atoms with Crippen molar-refractivity contribution in [1.82, 2.24) is 4.98 Å². The average Bonchev–Trinajstić information content (AvgIpc) is 3.01. The predicted molar refractivity (Wildman–Crippen MR) is 118 cm³/mol. The van der Waals surface area contributed by atoms with Gasteiger partial charge in [0, 0.05) is 28.9 Å². The lowest BCUT2D eigenvalue weighted by Gasteiger charge is -2.11. The molecule has 3 rings (SSSR count). The van der Waals surface area contributed by atoms with Crippen molar-refractivity contribution in [2.24, 2.45) is 0 Å². The largest absolute Gasteiger partial charge is 0.397 e. The maximum Gasteiger partial charge on any atom is 0.271 e. The van der Waals surface area contributed by atoms with Crippen LogP contribution in [0, 0.1) is 24.0 Å². The standard InChI is InChI=1S/C21H24N4O3S/c1-4-5-6-10-16-12(2)17-18(22)19(29-21(17)23-13(16)3)20(26)24-14-8-7-9-15(11-14)25(27)28/h7-9,11H,4-6,10,22H2,1-3H3,(H,24,26). The second-order valence-corrected chi connectivity index (χ2v) is 8.04. The number of carbonyl (C=O) groups is 1. The summed E-state index contributed by atoms with van der Waals surface area (Å²) in [6.45, 7) is 6.19. The first kappa shape index (κ1) is 20.7. The summed E-state index contributed by atoms with van der Waals surface area (Å²) < 4.78 is 0. The van der Waals surface area contributed by atoms with Crippen molar-refractivity contribution < 1.29 is 9.72 Å². The predicted octanol–water partition coefficient (Wildman–Crippen LogP) is 5.39. The van der Waals surface area contributed by atoms with Crippen molar-refractivity contribution >= 4 is 44.5 Å². The zero-order valence-corrected chi connectivity index (χ0v) is 17.6. The molecule has 152 valence electrons. The molecular weight excluding hydrogens is 388 g/mol. The Morgan fingerprint density at radius 2 is 2.07 bits per heavy atom. The van der Waals surface area contributed by atoms with Gasteiger partial charge in [-0.25, -0.2) is 4.98 Å². The Bertz CT molecular complexity index is 1090. The number of aryl methyl sites for hydroxylation is 2. The molecule has 7 nitrogen and oxygen atoms in total. The maximum absolute atomic E-state index is 12.8. The normalized spacial score (nSPS) is 11.0. The lowest BCUT2D eigenvalue weighted by Crippen LogP contribution is -2.12. The molecule has 0 radical (unpaired) electrons. The first-order valence-electron chi connectivity index (χ1n) is 9.57. The van der Waals surface area contributed by atoms with E-state index in [1.54, 1.807) is 6.07 Å². The van der Waals surface area contributed by atoms with Crippen LogP contribution in [0.25, 0.3) is 10.2 Å². The van der Waals surface area contributed by atoms with E-state index >= 15 is 0 Å². The molecular formula is C21H24N4O3S. The summed E-state index contributed by atoms with van der Waals surface area (Å²) in [5.74, 6) is -0.393. The minimum atomic E-state index is -0.500. The Balaban J connectivity index is 1.95. The number of nitro benzene ring substituents is 1. The molecule has 0 unspecified atom stereocenters. The van der Waals surface area contributed by atoms with Crippen LogP contribution >= 0.6 is 11.3 Å². The van der Waals surface area contributed by atoms with Crippen LogP contribution in [-0.4, -0.2) is 15.8 Å². The molecule has 0 aliphatic heterocycles. The first-order valence-corrected chi connectivity index (χ1v) is 10.4. The number of amides is 1. The highest BCUT2D eigenvalue weighted by molar-refractivity contribution is 7.21. The van der Waals surface area contributed by atoms with Crippen LogP contribution in [0.15, 0.2) is 24.3 Å². The number of nitrogens with one attached hydrogen (secondary N) is 1. The van der Waals surface area contributed by atoms with Crippen LogP contribution in [0.5, 0.6) is 0 Å². The van der Waals surface area contributed by atoms with Gasteiger partial charge in [-0.2, -0.15) is 0 Å². The molecule has 3 aromatic rings. The first-order chi connectivity index (χ1) is 13.8. The number of fused-ring (bicyclic) bond motifs is 1. The molecule has 29 heavy (non-hydrogen) atoms. The quantitative estimate of drug-likeness (QED) is 0.307. The van der Waals surface area contributed by atoms with Crippen molar-refractivity contribution in [2.45, 2.75) is 46.5 Å². The number of nitrogens with zero attached hydrogens (tertiary/aromatic N) is 2. The van der Waals surface area contributed by atoms with Gasteiger partial charge in [0.1, 0.15) is 9.71 Å². The second kappa shape index (κ2) is 8.57. The van der Waals surface area contributed by atoms with Gasteiger partial charge in [0.05, 0.1) is 10.6 Å². The van der Waals surface area contributed by atoms with E-state index in [0.717, 1.165) is 47.2 Å². The van der Waals surface area contributed by atoms with Crippen molar-refractivity contribution in [3.8, 4) is 0 Å². The highest BCUT2D eigenvalue weighted by Gasteiger charge is 2.21. The Morgan fingerprint density at radius 3 is 2.76 bits per heavy atom. The molecule has 0 spiro atoms. The molecule has 0 fully saturated rings. The van der Waals surface area contributed by atoms with Crippen LogP contribution in [0.1, 0.15) is 52.7 Å². The molecule has 2 heterocycles. The third-order valence-corrected chi connectivity index (χ3v) is 6.11. The van der Waals surface area contributed by atoms with Crippen LogP contribution in [0.2, 0.25) is 0 Å². The Morgan fingerprint density at radius 1 is 1.31 bits per heavy atom. The van der Waals surface area contributed by atoms with Crippen LogP contribution in [-0.2, 0) is 6.42 Å². The number of pyridine rings is 1. The van der Waals surface area contributed by atoms with Gasteiger partial charge in [-0.1, -0.05) is 25.8 Å². The fraction of sp³-hybridized carbons (Fsp3) is 0.333. The van der Waals surface area contributed by atoms with Gasteiger partial charge in [-0.15, -0.1) is 11.3 Å². The molecule has 1 aromatic carbocycles. The Labute approximate surface area is 173 Å². The number of anilines is 2. The van der Waals surface area contributed by atoms with E-state index in [1.165, 1.54) is 35.1 Å². The zero-order valence-electron chi connectivity index (χ0n) is 16.7. The molecule has 0 aliphatic rings. The summed E-state index contributed by atoms with van der Waals surface area (Å²) in [6, 6.07) is 5.83. The maximum atomic E-state index is 12.8. The summed E-state index contributed by atoms with van der Waals surface area (Å²) in [7, 11) is 0. The van der Waals surface area contributed by atoms with Crippen molar-refractivity contribution in [2.75, 3.05) is 11.1 Å². The molecule has 0 saturated carbocycles. The molecule has 3 N–H and O–H groups in total. The topological polar surface area (TPSA) is 111 Å². The van der Waals surface area contributed by atoms with E-state index < -0.39 is 10.8 Å². The number of thiophene rings is 1. The highest BCUT2D eigenvalue weighted by atomic mass is 32.1. The number of benzene rings is 1. The Hall–Kier alpha value is -3.00. The number of nitrogen functional groups attached to an aromatic ring is 1. The third-order valence-electron chi connectivity index (χ3n) is 5.01. The van der Waals surface area contributed by atoms with E-state index in [1.807, 2.05) is 13.8 Å². The summed E-state index contributed by atoms with van der Waals surface area (Å²) in [5.41, 5.74) is 10.3. The minimum absolute atomic E-state index is 0.0861. The lowest BCUT2D eigenvalue weighted by molar-refractivity contribution is -0.384. The number of non-ortho nitro benzene ring substituents is 1. The molecule has 2 aromatic heterocycles. The van der Waals surface area contributed by atoms with Gasteiger partial charge in [0.15, 0.2) is 0 Å². The molecule has 0 aliphatic carbocycles. The number of hydrogen-bond donors (Lipinski definition) is 2. The number of nitrogens with two attached hydrogens (primary N) is 1. The van der Waals surface area contributed by atoms with Crippen molar-refractivity contribution in [3.05, 3.63) is 56.1 Å². The third kappa shape index (κ3) is 4.22. The van der Waals surface area contributed by atoms with Gasteiger partial charge >= 0.3 is 0 Å². The second-order valence-electron chi connectivity index (χ2n) is 7.04. The minimum Gasteiger partial charge on any atom is -0.397 e. The molecule has 0 bridgehead atoms. The molecule has 0 atom stereocenters.